The second-order valence-electron chi connectivity index (χ2n) is 5.00. The third-order valence-corrected chi connectivity index (χ3v) is 3.59. The molecular weight excluding hydrogens is 294 g/mol. The number of piperidine rings is 1. The minimum absolute atomic E-state index is 0. The summed E-state index contributed by atoms with van der Waals surface area (Å²) in [5.74, 6) is 0.686. The number of benzene rings is 1. The number of hydrogen-bond acceptors (Lipinski definition) is 4. The molecule has 2 rings (SSSR count). The van der Waals surface area contributed by atoms with Crippen LogP contribution in [0.15, 0.2) is 24.3 Å². The van der Waals surface area contributed by atoms with E-state index in [9.17, 15) is 4.79 Å². The van der Waals surface area contributed by atoms with Gasteiger partial charge in [0.25, 0.3) is 0 Å². The van der Waals surface area contributed by atoms with Crippen molar-refractivity contribution in [1.29, 1.82) is 0 Å². The number of carbonyl (C=O) groups is 1. The van der Waals surface area contributed by atoms with Crippen molar-refractivity contribution in [3.05, 3.63) is 24.3 Å². The van der Waals surface area contributed by atoms with E-state index in [2.05, 4.69) is 4.90 Å². The maximum absolute atomic E-state index is 11.0. The Balaban J connectivity index is 0.00000220. The number of hydrogen-bond donors (Lipinski definition) is 1. The van der Waals surface area contributed by atoms with Crippen molar-refractivity contribution in [2.75, 3.05) is 33.4 Å². The van der Waals surface area contributed by atoms with Crippen LogP contribution in [0, 0.1) is 5.92 Å². The van der Waals surface area contributed by atoms with Gasteiger partial charge in [-0.3, -0.25) is 9.69 Å². The molecule has 1 N–H and O–H groups in total. The van der Waals surface area contributed by atoms with Gasteiger partial charge in [-0.2, -0.15) is 0 Å². The number of carboxylic acid groups (broad SMARTS) is 1. The summed E-state index contributed by atoms with van der Waals surface area (Å²) in [5, 5.41) is 9.04. The van der Waals surface area contributed by atoms with Crippen molar-refractivity contribution >= 4 is 18.4 Å². The zero-order valence-electron chi connectivity index (χ0n) is 12.2. The quantitative estimate of drug-likeness (QED) is 0.873. The number of rotatable bonds is 6. The van der Waals surface area contributed by atoms with Crippen LogP contribution in [0.3, 0.4) is 0 Å². The molecule has 1 atom stereocenters. The van der Waals surface area contributed by atoms with Crippen LogP contribution in [0.4, 0.5) is 0 Å². The molecule has 21 heavy (non-hydrogen) atoms. The fourth-order valence-electron chi connectivity index (χ4n) is 2.42. The van der Waals surface area contributed by atoms with Crippen LogP contribution in [0.5, 0.6) is 11.5 Å². The Bertz CT molecular complexity index is 438. The van der Waals surface area contributed by atoms with Crippen molar-refractivity contribution in [3.8, 4) is 11.5 Å². The monoisotopic (exact) mass is 315 g/mol. The van der Waals surface area contributed by atoms with E-state index in [1.54, 1.807) is 7.11 Å². The number of methoxy groups -OCH3 is 1. The zero-order valence-corrected chi connectivity index (χ0v) is 13.0. The summed E-state index contributed by atoms with van der Waals surface area (Å²) >= 11 is 0. The van der Waals surface area contributed by atoms with Crippen LogP contribution in [-0.4, -0.2) is 49.3 Å². The van der Waals surface area contributed by atoms with Gasteiger partial charge < -0.3 is 14.6 Å². The summed E-state index contributed by atoms with van der Waals surface area (Å²) in [6, 6.07) is 7.46. The Morgan fingerprint density at radius 3 is 2.62 bits per heavy atom. The first-order chi connectivity index (χ1) is 9.69. The maximum atomic E-state index is 11.0. The molecule has 1 heterocycles. The number of halogens is 1. The summed E-state index contributed by atoms with van der Waals surface area (Å²) in [6.45, 7) is 2.91. The van der Waals surface area contributed by atoms with Crippen molar-refractivity contribution in [2.45, 2.75) is 12.8 Å². The molecule has 0 amide bonds. The second-order valence-corrected chi connectivity index (χ2v) is 5.00. The van der Waals surface area contributed by atoms with E-state index in [-0.39, 0.29) is 18.3 Å². The number of carboxylic acids is 1. The van der Waals surface area contributed by atoms with Gasteiger partial charge in [0.15, 0.2) is 0 Å². The van der Waals surface area contributed by atoms with Crippen molar-refractivity contribution in [1.82, 2.24) is 4.90 Å². The van der Waals surface area contributed by atoms with Crippen LogP contribution in [0.25, 0.3) is 0 Å². The zero-order chi connectivity index (χ0) is 14.4. The predicted molar refractivity (Wildman–Crippen MR) is 82.5 cm³/mol. The Labute approximate surface area is 131 Å². The van der Waals surface area contributed by atoms with E-state index in [0.717, 1.165) is 37.4 Å². The average Bonchev–Trinajstić information content (AvgIpc) is 2.48. The van der Waals surface area contributed by atoms with Crippen LogP contribution in [0.1, 0.15) is 12.8 Å². The Morgan fingerprint density at radius 2 is 2.00 bits per heavy atom. The Morgan fingerprint density at radius 1 is 1.33 bits per heavy atom. The lowest BCUT2D eigenvalue weighted by Gasteiger charge is -2.30. The summed E-state index contributed by atoms with van der Waals surface area (Å²) in [6.07, 6.45) is 1.73. The van der Waals surface area contributed by atoms with E-state index in [1.165, 1.54) is 0 Å². The molecule has 0 saturated carbocycles. The molecule has 0 bridgehead atoms. The van der Waals surface area contributed by atoms with Gasteiger partial charge in [0, 0.05) is 13.1 Å². The first kappa shape index (κ1) is 17.6. The fraction of sp³-hybridized carbons (Fsp3) is 0.533. The lowest BCUT2D eigenvalue weighted by molar-refractivity contribution is -0.143. The number of nitrogens with zero attached hydrogens (tertiary/aromatic N) is 1. The highest BCUT2D eigenvalue weighted by Gasteiger charge is 2.24. The molecule has 0 radical (unpaired) electrons. The molecule has 0 spiro atoms. The molecule has 0 aromatic heterocycles. The van der Waals surface area contributed by atoms with Gasteiger partial charge in [-0.25, -0.2) is 0 Å². The third kappa shape index (κ3) is 5.44. The van der Waals surface area contributed by atoms with E-state index >= 15 is 0 Å². The van der Waals surface area contributed by atoms with Crippen LogP contribution in [-0.2, 0) is 4.79 Å². The van der Waals surface area contributed by atoms with Crippen molar-refractivity contribution in [3.63, 3.8) is 0 Å². The predicted octanol–water partition coefficient (Wildman–Crippen LogP) is 2.29. The van der Waals surface area contributed by atoms with Crippen LogP contribution >= 0.6 is 12.4 Å². The fourth-order valence-corrected chi connectivity index (χ4v) is 2.42. The van der Waals surface area contributed by atoms with Gasteiger partial charge in [-0.05, 0) is 43.7 Å². The average molecular weight is 316 g/mol. The molecule has 1 aliphatic heterocycles. The number of aliphatic carboxylic acids is 1. The standard InChI is InChI=1S/C15H21NO4.ClH/c1-19-13-4-6-14(7-5-13)20-10-9-16-8-2-3-12(11-16)15(17)18;/h4-7,12H,2-3,8-11H2,1H3,(H,17,18);1H. The smallest absolute Gasteiger partial charge is 0.307 e. The molecule has 118 valence electrons. The summed E-state index contributed by atoms with van der Waals surface area (Å²) in [4.78, 5) is 13.1. The molecule has 1 aliphatic rings. The van der Waals surface area contributed by atoms with E-state index < -0.39 is 5.97 Å². The first-order valence-corrected chi connectivity index (χ1v) is 6.91. The molecular formula is C15H22ClNO4. The van der Waals surface area contributed by atoms with Gasteiger partial charge in [-0.1, -0.05) is 0 Å². The highest BCUT2D eigenvalue weighted by Crippen LogP contribution is 2.18. The maximum Gasteiger partial charge on any atom is 0.307 e. The number of ether oxygens (including phenoxy) is 2. The largest absolute Gasteiger partial charge is 0.497 e. The van der Waals surface area contributed by atoms with Crippen LogP contribution < -0.4 is 9.47 Å². The van der Waals surface area contributed by atoms with E-state index in [4.69, 9.17) is 14.6 Å². The topological polar surface area (TPSA) is 59.0 Å². The van der Waals surface area contributed by atoms with Crippen LogP contribution in [0.2, 0.25) is 0 Å². The Kier molecular flexibility index (Phi) is 7.32. The third-order valence-electron chi connectivity index (χ3n) is 3.59. The second kappa shape index (κ2) is 8.74. The normalized spacial score (nSPS) is 18.6. The molecule has 1 fully saturated rings. The van der Waals surface area contributed by atoms with Gasteiger partial charge in [0.05, 0.1) is 13.0 Å². The minimum Gasteiger partial charge on any atom is -0.497 e. The Hall–Kier alpha value is -1.46. The van der Waals surface area contributed by atoms with Gasteiger partial charge in [-0.15, -0.1) is 12.4 Å². The molecule has 0 aliphatic carbocycles. The lowest BCUT2D eigenvalue weighted by Crippen LogP contribution is -2.40. The molecule has 1 aromatic rings. The summed E-state index contributed by atoms with van der Waals surface area (Å²) in [5.41, 5.74) is 0. The van der Waals surface area contributed by atoms with E-state index in [1.807, 2.05) is 24.3 Å². The summed E-state index contributed by atoms with van der Waals surface area (Å²) < 4.78 is 10.7. The molecule has 5 nitrogen and oxygen atoms in total. The van der Waals surface area contributed by atoms with Gasteiger partial charge in [0.2, 0.25) is 0 Å². The molecule has 1 saturated heterocycles. The van der Waals surface area contributed by atoms with E-state index in [0.29, 0.717) is 13.2 Å². The molecule has 1 aromatic carbocycles. The SMILES string of the molecule is COc1ccc(OCCN2CCCC(C(=O)O)C2)cc1.Cl. The highest BCUT2D eigenvalue weighted by molar-refractivity contribution is 5.85. The van der Waals surface area contributed by atoms with Crippen molar-refractivity contribution < 1.29 is 19.4 Å². The molecule has 1 unspecified atom stereocenters. The molecule has 6 heteroatoms. The number of likely N-dealkylation sites (tertiary alicyclic amines) is 1. The minimum atomic E-state index is -0.689. The van der Waals surface area contributed by atoms with Gasteiger partial charge >= 0.3 is 5.97 Å². The lowest BCUT2D eigenvalue weighted by atomic mass is 9.98. The van der Waals surface area contributed by atoms with Gasteiger partial charge in [0.1, 0.15) is 18.1 Å². The first-order valence-electron chi connectivity index (χ1n) is 6.91. The van der Waals surface area contributed by atoms with Crippen molar-refractivity contribution in [2.24, 2.45) is 5.92 Å². The highest BCUT2D eigenvalue weighted by atomic mass is 35.5. The summed E-state index contributed by atoms with van der Waals surface area (Å²) in [7, 11) is 1.63.